The third-order valence-corrected chi connectivity index (χ3v) is 13.4. The summed E-state index contributed by atoms with van der Waals surface area (Å²) in [5, 5.41) is 17.0. The van der Waals surface area contributed by atoms with Gasteiger partial charge in [-0.3, -0.25) is 14.3 Å². The van der Waals surface area contributed by atoms with Crippen LogP contribution in [0.2, 0.25) is 5.02 Å². The minimum absolute atomic E-state index is 0.0857. The Hall–Kier alpha value is -6.12. The molecule has 2 amide bonds. The molecule has 4 unspecified atom stereocenters. The highest BCUT2D eigenvalue weighted by molar-refractivity contribution is 7.22. The lowest BCUT2D eigenvalue weighted by molar-refractivity contribution is -0.129. The van der Waals surface area contributed by atoms with E-state index in [1.807, 2.05) is 37.3 Å². The van der Waals surface area contributed by atoms with E-state index < -0.39 is 46.5 Å². The number of hydrogen-bond acceptors (Lipinski definition) is 9. The number of para-hydroxylation sites is 1. The number of benzene rings is 3. The van der Waals surface area contributed by atoms with E-state index in [0.29, 0.717) is 27.8 Å². The van der Waals surface area contributed by atoms with Gasteiger partial charge in [0.15, 0.2) is 11.5 Å². The van der Waals surface area contributed by atoms with E-state index >= 15 is 4.79 Å². The highest BCUT2D eigenvalue weighted by Gasteiger charge is 2.65. The van der Waals surface area contributed by atoms with Crippen LogP contribution in [-0.4, -0.2) is 54.9 Å². The molecule has 290 valence electrons. The summed E-state index contributed by atoms with van der Waals surface area (Å²) in [7, 11) is 4.58. The SMILES string of the molecule is COc1cc(C=CC2C3=CCn4c(=O)n(-c5ccccc5)c(=O)n4C3CC3C(=O)N(c4cc(-c5sc6ccc(Cl)cc6c5C)nn4C)C(=O)C23C)cc(OC)c1O. The lowest BCUT2D eigenvalue weighted by atomic mass is 9.58. The number of amides is 2. The third-order valence-electron chi connectivity index (χ3n) is 11.8. The van der Waals surface area contributed by atoms with Crippen molar-refractivity contribution in [2.24, 2.45) is 24.3 Å². The number of hydrogen-bond donors (Lipinski definition) is 1. The van der Waals surface area contributed by atoms with Crippen LogP contribution in [0.5, 0.6) is 17.2 Å². The van der Waals surface area contributed by atoms with Crippen LogP contribution in [0.4, 0.5) is 5.82 Å². The first kappa shape index (κ1) is 36.5. The molecule has 0 radical (unpaired) electrons. The Morgan fingerprint density at radius 2 is 1.70 bits per heavy atom. The zero-order valence-corrected chi connectivity index (χ0v) is 33.2. The van der Waals surface area contributed by atoms with Gasteiger partial charge in [-0.15, -0.1) is 11.3 Å². The number of aryl methyl sites for hydroxylation is 2. The van der Waals surface area contributed by atoms with Crippen molar-refractivity contribution in [1.29, 1.82) is 0 Å². The Morgan fingerprint density at radius 1 is 0.982 bits per heavy atom. The Kier molecular flexibility index (Phi) is 8.48. The van der Waals surface area contributed by atoms with Crippen molar-refractivity contribution in [2.45, 2.75) is 32.9 Å². The van der Waals surface area contributed by atoms with E-state index in [0.717, 1.165) is 30.7 Å². The Bertz CT molecular complexity index is 2840. The number of fused-ring (bicyclic) bond motifs is 5. The van der Waals surface area contributed by atoms with Gasteiger partial charge < -0.3 is 14.6 Å². The summed E-state index contributed by atoms with van der Waals surface area (Å²) < 4.78 is 17.4. The number of phenolic OH excluding ortho intramolecular Hbond substituents is 1. The Balaban J connectivity index is 1.18. The molecule has 13 nitrogen and oxygen atoms in total. The molecule has 2 fully saturated rings. The number of aromatic hydroxyl groups is 1. The fourth-order valence-electron chi connectivity index (χ4n) is 8.93. The van der Waals surface area contributed by atoms with E-state index in [1.54, 1.807) is 84.6 Å². The number of imide groups is 1. The van der Waals surface area contributed by atoms with E-state index in [2.05, 4.69) is 0 Å². The normalized spacial score (nSPS) is 21.5. The second-order valence-electron chi connectivity index (χ2n) is 14.8. The number of nitrogens with zero attached hydrogens (tertiary/aromatic N) is 6. The van der Waals surface area contributed by atoms with Crippen molar-refractivity contribution in [3.05, 3.63) is 122 Å². The maximum absolute atomic E-state index is 15.1. The molecule has 4 atom stereocenters. The van der Waals surface area contributed by atoms with Crippen LogP contribution in [0, 0.1) is 24.2 Å². The molecule has 3 aliphatic rings. The van der Waals surface area contributed by atoms with E-state index in [1.165, 1.54) is 28.5 Å². The number of halogens is 1. The van der Waals surface area contributed by atoms with Crippen molar-refractivity contribution >= 4 is 56.7 Å². The molecule has 15 heteroatoms. The van der Waals surface area contributed by atoms with Crippen LogP contribution in [0.3, 0.4) is 0 Å². The number of carbonyl (C=O) groups is 2. The lowest BCUT2D eigenvalue weighted by Crippen LogP contribution is -2.49. The van der Waals surface area contributed by atoms with Gasteiger partial charge in [0.2, 0.25) is 17.6 Å². The topological polar surface area (TPSA) is 143 Å². The summed E-state index contributed by atoms with van der Waals surface area (Å²) in [5.41, 5.74) is 1.04. The quantitative estimate of drug-likeness (QED) is 0.142. The number of allylic oxidation sites excluding steroid dienone is 3. The van der Waals surface area contributed by atoms with Crippen LogP contribution < -0.4 is 25.8 Å². The average molecular weight is 805 g/mol. The fourth-order valence-corrected chi connectivity index (χ4v) is 10.2. The Labute approximate surface area is 334 Å². The number of methoxy groups -OCH3 is 2. The molecule has 9 rings (SSSR count). The molecule has 2 aliphatic heterocycles. The van der Waals surface area contributed by atoms with Crippen LogP contribution in [0.15, 0.2) is 94.0 Å². The number of anilines is 1. The molecule has 1 aliphatic carbocycles. The monoisotopic (exact) mass is 804 g/mol. The van der Waals surface area contributed by atoms with Gasteiger partial charge in [-0.1, -0.05) is 48.0 Å². The molecule has 3 aromatic carbocycles. The summed E-state index contributed by atoms with van der Waals surface area (Å²) in [4.78, 5) is 60.2. The van der Waals surface area contributed by atoms with Crippen LogP contribution >= 0.6 is 22.9 Å². The molecule has 1 saturated heterocycles. The maximum Gasteiger partial charge on any atom is 0.352 e. The van der Waals surface area contributed by atoms with Gasteiger partial charge in [-0.05, 0) is 84.8 Å². The zero-order valence-electron chi connectivity index (χ0n) is 31.6. The van der Waals surface area contributed by atoms with Crippen molar-refractivity contribution in [2.75, 3.05) is 19.1 Å². The average Bonchev–Trinajstić information content (AvgIpc) is 3.88. The predicted octanol–water partition coefficient (Wildman–Crippen LogP) is 6.51. The highest BCUT2D eigenvalue weighted by Crippen LogP contribution is 2.58. The number of rotatable bonds is 7. The first-order chi connectivity index (χ1) is 27.4. The molecule has 1 N–H and O–H groups in total. The minimum Gasteiger partial charge on any atom is -0.502 e. The third kappa shape index (κ3) is 5.30. The molecule has 57 heavy (non-hydrogen) atoms. The second kappa shape index (κ2) is 13.2. The molecular formula is C42H37ClN6O7S. The zero-order chi connectivity index (χ0) is 40.1. The summed E-state index contributed by atoms with van der Waals surface area (Å²) in [5.74, 6) is -1.86. The first-order valence-electron chi connectivity index (χ1n) is 18.3. The number of ether oxygens (including phenoxy) is 2. The number of aromatic nitrogens is 5. The maximum atomic E-state index is 15.1. The smallest absolute Gasteiger partial charge is 0.352 e. The van der Waals surface area contributed by atoms with Gasteiger partial charge >= 0.3 is 11.4 Å². The number of carbonyl (C=O) groups excluding carboxylic acids is 2. The standard InChI is InChI=1S/C42H37ClN6O7S/c1-22-27-19-24(43)12-14-34(27)57-37(22)30-21-35(45(3)44-30)48-38(51)29-20-31-26(15-16-46-40(53)47(41(54)49(31)46)25-9-7-6-8-10-25)28(42(29,2)39(48)52)13-11-23-17-32(55-4)36(50)33(18-23)56-5/h6-15,17-19,21,28-29,31,50H,16,20H2,1-5H3. The predicted molar refractivity (Wildman–Crippen MR) is 218 cm³/mol. The molecule has 5 heterocycles. The van der Waals surface area contributed by atoms with Gasteiger partial charge in [0.05, 0.1) is 48.7 Å². The van der Waals surface area contributed by atoms with Crippen LogP contribution in [-0.2, 0) is 23.2 Å². The minimum atomic E-state index is -1.30. The lowest BCUT2D eigenvalue weighted by Gasteiger charge is -2.45. The van der Waals surface area contributed by atoms with E-state index in [-0.39, 0.29) is 30.2 Å². The molecule has 0 spiro atoms. The van der Waals surface area contributed by atoms with Gasteiger partial charge in [0.25, 0.3) is 0 Å². The summed E-state index contributed by atoms with van der Waals surface area (Å²) >= 11 is 7.88. The first-order valence-corrected chi connectivity index (χ1v) is 19.5. The molecule has 3 aromatic heterocycles. The largest absolute Gasteiger partial charge is 0.502 e. The molecule has 6 aromatic rings. The molecule has 0 bridgehead atoms. The van der Waals surface area contributed by atoms with Crippen molar-refractivity contribution < 1.29 is 24.2 Å². The second-order valence-corrected chi connectivity index (χ2v) is 16.2. The van der Waals surface area contributed by atoms with Gasteiger partial charge in [-0.2, -0.15) is 5.10 Å². The number of phenols is 1. The van der Waals surface area contributed by atoms with Crippen molar-refractivity contribution in [3.63, 3.8) is 0 Å². The van der Waals surface area contributed by atoms with Gasteiger partial charge in [-0.25, -0.2) is 28.4 Å². The fraction of sp³-hybridized carbons (Fsp3) is 0.262. The summed E-state index contributed by atoms with van der Waals surface area (Å²) in [6.07, 6.45) is 5.65. The Morgan fingerprint density at radius 3 is 2.40 bits per heavy atom. The number of thiophene rings is 1. The molecular weight excluding hydrogens is 768 g/mol. The summed E-state index contributed by atoms with van der Waals surface area (Å²) in [6.45, 7) is 3.89. The van der Waals surface area contributed by atoms with Gasteiger partial charge in [0, 0.05) is 28.8 Å². The van der Waals surface area contributed by atoms with E-state index in [9.17, 15) is 19.5 Å². The van der Waals surface area contributed by atoms with E-state index in [4.69, 9.17) is 26.2 Å². The summed E-state index contributed by atoms with van der Waals surface area (Å²) in [6, 6.07) is 18.8. The molecule has 1 saturated carbocycles. The van der Waals surface area contributed by atoms with Crippen molar-refractivity contribution in [1.82, 2.24) is 23.7 Å². The van der Waals surface area contributed by atoms with Crippen LogP contribution in [0.25, 0.3) is 32.4 Å². The van der Waals surface area contributed by atoms with Crippen LogP contribution in [0.1, 0.15) is 30.5 Å². The highest BCUT2D eigenvalue weighted by atomic mass is 35.5. The van der Waals surface area contributed by atoms with Gasteiger partial charge in [0.1, 0.15) is 11.5 Å². The van der Waals surface area contributed by atoms with Crippen molar-refractivity contribution in [3.8, 4) is 33.5 Å².